The smallest absolute Gasteiger partial charge is 0.125 e. The van der Waals surface area contributed by atoms with Gasteiger partial charge in [-0.2, -0.15) is 0 Å². The van der Waals surface area contributed by atoms with Crippen molar-refractivity contribution in [3.8, 4) is 11.5 Å². The Morgan fingerprint density at radius 1 is 0.793 bits per heavy atom. The number of hydrogen-bond acceptors (Lipinski definition) is 3. The molecule has 0 aliphatic heterocycles. The van der Waals surface area contributed by atoms with Gasteiger partial charge in [-0.1, -0.05) is 60.2 Å². The molecule has 3 heteroatoms. The zero-order valence-electron chi connectivity index (χ0n) is 16.8. The molecule has 0 unspecified atom stereocenters. The number of fused-ring (bicyclic) bond motifs is 1. The van der Waals surface area contributed by atoms with Crippen LogP contribution in [0.1, 0.15) is 16.7 Å². The third-order valence-corrected chi connectivity index (χ3v) is 5.07. The zero-order chi connectivity index (χ0) is 20.1. The average Bonchev–Trinajstić information content (AvgIpc) is 2.78. The van der Waals surface area contributed by atoms with E-state index in [4.69, 9.17) is 9.47 Å². The van der Waals surface area contributed by atoms with Crippen molar-refractivity contribution in [1.82, 2.24) is 0 Å². The van der Waals surface area contributed by atoms with Gasteiger partial charge in [0.2, 0.25) is 0 Å². The second-order valence-corrected chi connectivity index (χ2v) is 7.12. The Balaban J connectivity index is 1.58. The molecule has 0 heterocycles. The van der Waals surface area contributed by atoms with Crippen molar-refractivity contribution in [2.24, 2.45) is 0 Å². The monoisotopic (exact) mass is 383 g/mol. The van der Waals surface area contributed by atoms with Crippen molar-refractivity contribution in [2.45, 2.75) is 20.1 Å². The lowest BCUT2D eigenvalue weighted by Gasteiger charge is -2.16. The van der Waals surface area contributed by atoms with Crippen LogP contribution in [0.5, 0.6) is 11.5 Å². The van der Waals surface area contributed by atoms with E-state index in [1.165, 1.54) is 16.3 Å². The van der Waals surface area contributed by atoms with E-state index < -0.39 is 0 Å². The number of hydrogen-bond donors (Lipinski definition) is 1. The summed E-state index contributed by atoms with van der Waals surface area (Å²) in [6, 6.07) is 29.0. The molecule has 0 bridgehead atoms. The molecule has 4 rings (SSSR count). The molecular formula is C26H25NO2. The van der Waals surface area contributed by atoms with E-state index in [0.29, 0.717) is 13.2 Å². The van der Waals surface area contributed by atoms with E-state index in [1.807, 2.05) is 24.3 Å². The number of nitrogens with one attached hydrogen (secondary N) is 1. The van der Waals surface area contributed by atoms with Crippen molar-refractivity contribution >= 4 is 16.5 Å². The molecule has 4 aromatic rings. The molecule has 0 aliphatic carbocycles. The molecular weight excluding hydrogens is 358 g/mol. The minimum atomic E-state index is 0.550. The second-order valence-electron chi connectivity index (χ2n) is 7.12. The lowest BCUT2D eigenvalue weighted by atomic mass is 10.0. The van der Waals surface area contributed by atoms with Gasteiger partial charge in [-0.25, -0.2) is 0 Å². The molecule has 0 saturated heterocycles. The van der Waals surface area contributed by atoms with Gasteiger partial charge in [-0.3, -0.25) is 0 Å². The van der Waals surface area contributed by atoms with Crippen LogP contribution in [0, 0.1) is 6.92 Å². The predicted molar refractivity (Wildman–Crippen MR) is 120 cm³/mol. The average molecular weight is 383 g/mol. The van der Waals surface area contributed by atoms with Crippen LogP contribution in [0.2, 0.25) is 0 Å². The lowest BCUT2D eigenvalue weighted by molar-refractivity contribution is 0.304. The first-order valence-corrected chi connectivity index (χ1v) is 9.80. The van der Waals surface area contributed by atoms with Gasteiger partial charge in [0.15, 0.2) is 0 Å². The summed E-state index contributed by atoms with van der Waals surface area (Å²) in [5, 5.41) is 5.93. The summed E-state index contributed by atoms with van der Waals surface area (Å²) in [4.78, 5) is 0. The summed E-state index contributed by atoms with van der Waals surface area (Å²) in [6.07, 6.45) is 0. The Morgan fingerprint density at radius 3 is 2.31 bits per heavy atom. The molecule has 0 radical (unpaired) electrons. The minimum Gasteiger partial charge on any atom is -0.497 e. The van der Waals surface area contributed by atoms with Crippen LogP contribution in [0.15, 0.2) is 84.9 Å². The first-order chi connectivity index (χ1) is 14.2. The zero-order valence-corrected chi connectivity index (χ0v) is 16.8. The van der Waals surface area contributed by atoms with Crippen molar-refractivity contribution < 1.29 is 9.47 Å². The van der Waals surface area contributed by atoms with Crippen molar-refractivity contribution in [3.63, 3.8) is 0 Å². The van der Waals surface area contributed by atoms with Crippen LogP contribution in [0.25, 0.3) is 10.8 Å². The summed E-state index contributed by atoms with van der Waals surface area (Å²) >= 11 is 0. The molecule has 0 spiro atoms. The van der Waals surface area contributed by atoms with Gasteiger partial charge < -0.3 is 14.8 Å². The van der Waals surface area contributed by atoms with Gasteiger partial charge in [-0.15, -0.1) is 0 Å². The minimum absolute atomic E-state index is 0.550. The van der Waals surface area contributed by atoms with E-state index in [-0.39, 0.29) is 0 Å². The van der Waals surface area contributed by atoms with E-state index in [9.17, 15) is 0 Å². The fourth-order valence-corrected chi connectivity index (χ4v) is 3.38. The largest absolute Gasteiger partial charge is 0.497 e. The lowest BCUT2D eigenvalue weighted by Crippen LogP contribution is -2.04. The Bertz CT molecular complexity index is 1090. The summed E-state index contributed by atoms with van der Waals surface area (Å²) in [7, 11) is 1.68. The molecule has 0 saturated carbocycles. The van der Waals surface area contributed by atoms with Crippen LogP contribution in [0.3, 0.4) is 0 Å². The van der Waals surface area contributed by atoms with Gasteiger partial charge in [0.1, 0.15) is 18.1 Å². The number of benzene rings is 4. The maximum Gasteiger partial charge on any atom is 0.125 e. The highest BCUT2D eigenvalue weighted by Gasteiger charge is 2.10. The maximum atomic E-state index is 6.24. The Kier molecular flexibility index (Phi) is 5.66. The number of anilines is 1. The van der Waals surface area contributed by atoms with E-state index in [0.717, 1.165) is 28.3 Å². The Hall–Kier alpha value is -3.46. The third-order valence-electron chi connectivity index (χ3n) is 5.07. The molecule has 0 aromatic heterocycles. The van der Waals surface area contributed by atoms with Crippen molar-refractivity contribution in [2.75, 3.05) is 12.4 Å². The van der Waals surface area contributed by atoms with E-state index in [1.54, 1.807) is 7.11 Å². The predicted octanol–water partition coefficient (Wildman–Crippen LogP) is 6.35. The van der Waals surface area contributed by atoms with Gasteiger partial charge in [0, 0.05) is 17.8 Å². The van der Waals surface area contributed by atoms with Crippen LogP contribution in [-0.2, 0) is 13.2 Å². The first-order valence-electron chi connectivity index (χ1n) is 9.80. The summed E-state index contributed by atoms with van der Waals surface area (Å²) in [5.41, 5.74) is 4.62. The summed E-state index contributed by atoms with van der Waals surface area (Å²) in [5.74, 6) is 1.76. The Morgan fingerprint density at radius 2 is 1.55 bits per heavy atom. The van der Waals surface area contributed by atoms with Crippen LogP contribution in [-0.4, -0.2) is 7.11 Å². The standard InChI is InChI=1S/C26H25NO2/c1-19-7-9-20(10-8-19)18-29-26-16-11-21-5-3-4-6-24(21)25(26)17-27-22-12-14-23(28-2)15-13-22/h3-16,27H,17-18H2,1-2H3. The van der Waals surface area contributed by atoms with Crippen LogP contribution < -0.4 is 14.8 Å². The SMILES string of the molecule is COc1ccc(NCc2c(OCc3ccc(C)cc3)ccc3ccccc23)cc1. The van der Waals surface area contributed by atoms with Crippen LogP contribution >= 0.6 is 0 Å². The highest BCUT2D eigenvalue weighted by molar-refractivity contribution is 5.88. The van der Waals surface area contributed by atoms with Gasteiger partial charge >= 0.3 is 0 Å². The van der Waals surface area contributed by atoms with E-state index >= 15 is 0 Å². The normalized spacial score (nSPS) is 10.7. The fourth-order valence-electron chi connectivity index (χ4n) is 3.38. The van der Waals surface area contributed by atoms with Gasteiger partial charge in [0.05, 0.1) is 7.11 Å². The second kappa shape index (κ2) is 8.70. The van der Waals surface area contributed by atoms with Gasteiger partial charge in [-0.05, 0) is 53.6 Å². The summed E-state index contributed by atoms with van der Waals surface area (Å²) in [6.45, 7) is 3.32. The fraction of sp³-hybridized carbons (Fsp3) is 0.154. The number of aryl methyl sites for hydroxylation is 1. The third kappa shape index (κ3) is 4.52. The van der Waals surface area contributed by atoms with E-state index in [2.05, 4.69) is 72.9 Å². The Labute approximate surface area is 171 Å². The van der Waals surface area contributed by atoms with Crippen molar-refractivity contribution in [1.29, 1.82) is 0 Å². The number of ether oxygens (including phenoxy) is 2. The van der Waals surface area contributed by atoms with Crippen molar-refractivity contribution in [3.05, 3.63) is 102 Å². The molecule has 146 valence electrons. The molecule has 4 aromatic carbocycles. The maximum absolute atomic E-state index is 6.24. The number of methoxy groups -OCH3 is 1. The molecule has 1 N–H and O–H groups in total. The molecule has 0 aliphatic rings. The molecule has 0 amide bonds. The quantitative estimate of drug-likeness (QED) is 0.403. The topological polar surface area (TPSA) is 30.5 Å². The molecule has 3 nitrogen and oxygen atoms in total. The molecule has 0 fully saturated rings. The number of rotatable bonds is 7. The van der Waals surface area contributed by atoms with Crippen LogP contribution in [0.4, 0.5) is 5.69 Å². The highest BCUT2D eigenvalue weighted by Crippen LogP contribution is 2.30. The molecule has 29 heavy (non-hydrogen) atoms. The molecule has 0 atom stereocenters. The summed E-state index contributed by atoms with van der Waals surface area (Å²) < 4.78 is 11.5. The highest BCUT2D eigenvalue weighted by atomic mass is 16.5. The van der Waals surface area contributed by atoms with Gasteiger partial charge in [0.25, 0.3) is 0 Å². The first kappa shape index (κ1) is 18.9.